The van der Waals surface area contributed by atoms with Crippen LogP contribution in [0.25, 0.3) is 0 Å². The second kappa shape index (κ2) is 7.61. The molecule has 0 atom stereocenters. The van der Waals surface area contributed by atoms with Crippen molar-refractivity contribution in [3.63, 3.8) is 0 Å². The lowest BCUT2D eigenvalue weighted by molar-refractivity contribution is 0.0600. The summed E-state index contributed by atoms with van der Waals surface area (Å²) in [6.07, 6.45) is 0. The smallest absolute Gasteiger partial charge is 0.337 e. The van der Waals surface area contributed by atoms with Gasteiger partial charge in [-0.1, -0.05) is 12.1 Å². The van der Waals surface area contributed by atoms with E-state index >= 15 is 0 Å². The highest BCUT2D eigenvalue weighted by Crippen LogP contribution is 2.23. The Morgan fingerprint density at radius 3 is 2.23 bits per heavy atom. The summed E-state index contributed by atoms with van der Waals surface area (Å²) in [5, 5.41) is 0. The fourth-order valence-electron chi connectivity index (χ4n) is 2.19. The van der Waals surface area contributed by atoms with Crippen LogP contribution in [0.2, 0.25) is 0 Å². The van der Waals surface area contributed by atoms with Crippen molar-refractivity contribution in [1.82, 2.24) is 0 Å². The van der Waals surface area contributed by atoms with Gasteiger partial charge >= 0.3 is 5.97 Å². The molecule has 0 heterocycles. The van der Waals surface area contributed by atoms with Crippen LogP contribution in [0.5, 0.6) is 0 Å². The number of hydrogen-bond acceptors (Lipinski definition) is 5. The molecular weight excluding hydrogens is 368 g/mol. The van der Waals surface area contributed by atoms with Gasteiger partial charge in [0.2, 0.25) is 10.0 Å². The van der Waals surface area contributed by atoms with E-state index in [4.69, 9.17) is 0 Å². The van der Waals surface area contributed by atoms with Crippen molar-refractivity contribution in [3.8, 4) is 0 Å². The minimum atomic E-state index is -4.18. The lowest BCUT2D eigenvalue weighted by atomic mass is 10.1. The van der Waals surface area contributed by atoms with E-state index in [0.29, 0.717) is 0 Å². The van der Waals surface area contributed by atoms with Gasteiger partial charge in [0.05, 0.1) is 18.4 Å². The van der Waals surface area contributed by atoms with Crippen LogP contribution in [0, 0.1) is 11.6 Å². The second-order valence-corrected chi connectivity index (χ2v) is 7.15. The van der Waals surface area contributed by atoms with Crippen LogP contribution < -0.4 is 4.72 Å². The molecule has 6 nitrogen and oxygen atoms in total. The van der Waals surface area contributed by atoms with Crippen LogP contribution >= 0.6 is 0 Å². The molecule has 138 valence electrons. The number of carbonyl (C=O) groups is 2. The lowest BCUT2D eigenvalue weighted by Gasteiger charge is -2.11. The molecule has 0 aromatic heterocycles. The Balaban J connectivity index is 2.27. The molecule has 9 heteroatoms. The van der Waals surface area contributed by atoms with E-state index < -0.39 is 44.9 Å². The third-order valence-corrected chi connectivity index (χ3v) is 4.64. The monoisotopic (exact) mass is 383 g/mol. The van der Waals surface area contributed by atoms with Crippen molar-refractivity contribution in [2.24, 2.45) is 0 Å². The second-order valence-electron chi connectivity index (χ2n) is 5.42. The molecule has 0 aliphatic rings. The number of rotatable bonds is 6. The predicted octanol–water partition coefficient (Wildman–Crippen LogP) is 2.90. The summed E-state index contributed by atoms with van der Waals surface area (Å²) in [5.41, 5.74) is -0.724. The topological polar surface area (TPSA) is 89.5 Å². The number of anilines is 1. The summed E-state index contributed by atoms with van der Waals surface area (Å²) in [6.45, 7) is 1.13. The molecule has 2 aromatic carbocycles. The maximum Gasteiger partial charge on any atom is 0.337 e. The summed E-state index contributed by atoms with van der Waals surface area (Å²) in [4.78, 5) is 22.7. The summed E-state index contributed by atoms with van der Waals surface area (Å²) in [5.74, 6) is -4.24. The van der Waals surface area contributed by atoms with Gasteiger partial charge in [-0.05, 0) is 36.8 Å². The Morgan fingerprint density at radius 1 is 1.08 bits per heavy atom. The Kier molecular flexibility index (Phi) is 5.71. The number of methoxy groups -OCH3 is 1. The lowest BCUT2D eigenvalue weighted by Crippen LogP contribution is -2.17. The Morgan fingerprint density at radius 2 is 1.69 bits per heavy atom. The zero-order valence-electron chi connectivity index (χ0n) is 13.9. The van der Waals surface area contributed by atoms with Gasteiger partial charge in [-0.15, -0.1) is 0 Å². The predicted molar refractivity (Wildman–Crippen MR) is 90.4 cm³/mol. The molecule has 0 spiro atoms. The van der Waals surface area contributed by atoms with Crippen LogP contribution in [0.4, 0.5) is 14.5 Å². The highest BCUT2D eigenvalue weighted by molar-refractivity contribution is 7.91. The van der Waals surface area contributed by atoms with Crippen molar-refractivity contribution in [2.75, 3.05) is 11.8 Å². The zero-order valence-corrected chi connectivity index (χ0v) is 14.7. The molecular formula is C17H15F2NO5S. The number of ether oxygens (including phenoxy) is 1. The molecule has 0 fully saturated rings. The van der Waals surface area contributed by atoms with Crippen LogP contribution in [-0.4, -0.2) is 27.3 Å². The first-order valence-corrected chi connectivity index (χ1v) is 8.96. The van der Waals surface area contributed by atoms with Gasteiger partial charge in [-0.2, -0.15) is 0 Å². The van der Waals surface area contributed by atoms with Gasteiger partial charge in [0.1, 0.15) is 5.69 Å². The number of nitrogens with one attached hydrogen (secondary N) is 1. The Hall–Kier alpha value is -2.81. The maximum atomic E-state index is 14.0. The standard InChI is InChI=1S/C17H15F2NO5S/c1-10(21)13-7-14(18)16(15(19)8-13)20-26(23,24)9-11-4-3-5-12(6-11)17(22)25-2/h3-8,20H,9H2,1-2H3. The van der Waals surface area contributed by atoms with Crippen LogP contribution in [0.1, 0.15) is 33.2 Å². The van der Waals surface area contributed by atoms with Gasteiger partial charge < -0.3 is 4.74 Å². The van der Waals surface area contributed by atoms with E-state index in [1.54, 1.807) is 0 Å². The SMILES string of the molecule is COC(=O)c1cccc(CS(=O)(=O)Nc2c(F)cc(C(C)=O)cc2F)c1. The number of benzene rings is 2. The molecule has 2 aromatic rings. The van der Waals surface area contributed by atoms with Crippen LogP contribution in [0.15, 0.2) is 36.4 Å². The van der Waals surface area contributed by atoms with Gasteiger partial charge in [-0.3, -0.25) is 9.52 Å². The molecule has 2 rings (SSSR count). The molecule has 0 amide bonds. The Bertz CT molecular complexity index is 950. The summed E-state index contributed by atoms with van der Waals surface area (Å²) >= 11 is 0. The van der Waals surface area contributed by atoms with Crippen molar-refractivity contribution in [3.05, 3.63) is 64.7 Å². The summed E-state index contributed by atoms with van der Waals surface area (Å²) in [7, 11) is -3.00. The van der Waals surface area contributed by atoms with Crippen molar-refractivity contribution >= 4 is 27.5 Å². The van der Waals surface area contributed by atoms with E-state index in [-0.39, 0.29) is 16.7 Å². The van der Waals surface area contributed by atoms with Crippen LogP contribution in [0.3, 0.4) is 0 Å². The molecule has 1 N–H and O–H groups in total. The summed E-state index contributed by atoms with van der Waals surface area (Å²) in [6, 6.07) is 7.14. The molecule has 26 heavy (non-hydrogen) atoms. The molecule has 0 unspecified atom stereocenters. The molecule has 0 saturated heterocycles. The maximum absolute atomic E-state index is 14.0. The largest absolute Gasteiger partial charge is 0.465 e. The molecule has 0 saturated carbocycles. The fraction of sp³-hybridized carbons (Fsp3) is 0.176. The van der Waals surface area contributed by atoms with Crippen molar-refractivity contribution in [1.29, 1.82) is 0 Å². The number of Topliss-reactive ketones (excluding diaryl/α,β-unsaturated/α-hetero) is 1. The minimum Gasteiger partial charge on any atom is -0.465 e. The van der Waals surface area contributed by atoms with Gasteiger partial charge in [0.15, 0.2) is 17.4 Å². The highest BCUT2D eigenvalue weighted by Gasteiger charge is 2.20. The normalized spacial score (nSPS) is 11.1. The number of carbonyl (C=O) groups excluding carboxylic acids is 2. The van der Waals surface area contributed by atoms with Crippen molar-refractivity contribution in [2.45, 2.75) is 12.7 Å². The molecule has 0 radical (unpaired) electrons. The number of halogens is 2. The third-order valence-electron chi connectivity index (χ3n) is 3.41. The first kappa shape index (κ1) is 19.5. The zero-order chi connectivity index (χ0) is 19.5. The van der Waals surface area contributed by atoms with E-state index in [9.17, 15) is 26.8 Å². The molecule has 0 aliphatic carbocycles. The minimum absolute atomic E-state index is 0.142. The van der Waals surface area contributed by atoms with E-state index in [1.165, 1.54) is 31.4 Å². The average molecular weight is 383 g/mol. The average Bonchev–Trinajstić information content (AvgIpc) is 2.57. The first-order chi connectivity index (χ1) is 12.1. The fourth-order valence-corrected chi connectivity index (χ4v) is 3.39. The molecule has 0 bridgehead atoms. The quantitative estimate of drug-likeness (QED) is 0.612. The number of esters is 1. The van der Waals surface area contributed by atoms with E-state index in [0.717, 1.165) is 19.1 Å². The third kappa shape index (κ3) is 4.63. The van der Waals surface area contributed by atoms with Crippen molar-refractivity contribution < 1.29 is 31.5 Å². The summed E-state index contributed by atoms with van der Waals surface area (Å²) < 4.78 is 58.8. The number of ketones is 1. The van der Waals surface area contributed by atoms with Gasteiger partial charge in [-0.25, -0.2) is 22.0 Å². The molecule has 0 aliphatic heterocycles. The Labute approximate surface area is 148 Å². The van der Waals surface area contributed by atoms with Gasteiger partial charge in [0, 0.05) is 5.56 Å². The van der Waals surface area contributed by atoms with Crippen LogP contribution in [-0.2, 0) is 20.5 Å². The number of sulfonamides is 1. The van der Waals surface area contributed by atoms with E-state index in [1.807, 2.05) is 4.72 Å². The first-order valence-electron chi connectivity index (χ1n) is 7.30. The highest BCUT2D eigenvalue weighted by atomic mass is 32.2. The van der Waals surface area contributed by atoms with Gasteiger partial charge in [0.25, 0.3) is 0 Å². The number of hydrogen-bond donors (Lipinski definition) is 1. The van der Waals surface area contributed by atoms with E-state index in [2.05, 4.69) is 4.74 Å².